The number of pyridine rings is 1. The number of aromatic nitrogens is 2. The molecule has 4 nitrogen and oxygen atoms in total. The van der Waals surface area contributed by atoms with E-state index < -0.39 is 0 Å². The molecule has 21 heavy (non-hydrogen) atoms. The van der Waals surface area contributed by atoms with E-state index in [0.717, 1.165) is 40.6 Å². The first-order valence-corrected chi connectivity index (χ1v) is 6.93. The van der Waals surface area contributed by atoms with E-state index in [1.54, 1.807) is 12.1 Å². The fourth-order valence-corrected chi connectivity index (χ4v) is 2.84. The molecule has 0 atom stereocenters. The molecule has 0 unspecified atom stereocenters. The fraction of sp³-hybridized carbons (Fsp3) is 0.312. The first kappa shape index (κ1) is 13.8. The van der Waals surface area contributed by atoms with Crippen molar-refractivity contribution in [2.24, 2.45) is 0 Å². The Labute approximate surface area is 121 Å². The minimum atomic E-state index is -0.363. The molecule has 0 aliphatic heterocycles. The van der Waals surface area contributed by atoms with E-state index in [1.807, 2.05) is 21.0 Å². The van der Waals surface area contributed by atoms with E-state index in [9.17, 15) is 9.18 Å². The summed E-state index contributed by atoms with van der Waals surface area (Å²) in [6.07, 6.45) is 0. The number of aromatic amines is 1. The molecule has 0 amide bonds. The highest BCUT2D eigenvalue weighted by Crippen LogP contribution is 2.29. The lowest BCUT2D eigenvalue weighted by Crippen LogP contribution is -2.18. The number of nitrogens with zero attached hydrogens (tertiary/aromatic N) is 2. The van der Waals surface area contributed by atoms with Gasteiger partial charge in [0.25, 0.3) is 0 Å². The van der Waals surface area contributed by atoms with E-state index in [2.05, 4.69) is 14.5 Å². The first-order chi connectivity index (χ1) is 9.97. The van der Waals surface area contributed by atoms with Gasteiger partial charge in [0.05, 0.1) is 11.0 Å². The number of rotatable bonds is 3. The monoisotopic (exact) mass is 287 g/mol. The van der Waals surface area contributed by atoms with Gasteiger partial charge in [0.15, 0.2) is 11.4 Å². The zero-order valence-corrected chi connectivity index (χ0v) is 12.4. The van der Waals surface area contributed by atoms with Crippen molar-refractivity contribution in [1.29, 1.82) is 0 Å². The Morgan fingerprint density at radius 3 is 2.71 bits per heavy atom. The number of benzene rings is 1. The van der Waals surface area contributed by atoms with Crippen LogP contribution in [0.4, 0.5) is 4.39 Å². The van der Waals surface area contributed by atoms with Gasteiger partial charge in [0.2, 0.25) is 0 Å². The smallest absolute Gasteiger partial charge is 0.191 e. The lowest BCUT2D eigenvalue weighted by Gasteiger charge is -2.13. The van der Waals surface area contributed by atoms with Gasteiger partial charge in [-0.2, -0.15) is 4.39 Å². The predicted molar refractivity (Wildman–Crippen MR) is 83.3 cm³/mol. The Bertz CT molecular complexity index is 876. The summed E-state index contributed by atoms with van der Waals surface area (Å²) >= 11 is 0. The minimum Gasteiger partial charge on any atom is -0.338 e. The van der Waals surface area contributed by atoms with Crippen LogP contribution >= 0.6 is 0 Å². The second-order valence-electron chi connectivity index (χ2n) is 5.64. The third-order valence-electron chi connectivity index (χ3n) is 3.78. The van der Waals surface area contributed by atoms with E-state index in [1.165, 1.54) is 12.1 Å². The van der Waals surface area contributed by atoms with Crippen LogP contribution in [-0.4, -0.2) is 35.1 Å². The summed E-state index contributed by atoms with van der Waals surface area (Å²) in [5.74, 6) is -0.363. The van der Waals surface area contributed by atoms with Gasteiger partial charge in [-0.25, -0.2) is 0 Å². The van der Waals surface area contributed by atoms with Crippen LogP contribution in [0.2, 0.25) is 0 Å². The van der Waals surface area contributed by atoms with Crippen LogP contribution in [0.3, 0.4) is 0 Å². The number of likely N-dealkylation sites (N-methyl/N-ethyl adjacent to an activating group) is 1. The van der Waals surface area contributed by atoms with Gasteiger partial charge >= 0.3 is 0 Å². The topological polar surface area (TPSA) is 41.0 Å². The molecule has 0 fully saturated rings. The summed E-state index contributed by atoms with van der Waals surface area (Å²) in [7, 11) is 4.01. The standard InChI is InChI=1S/C16H18FN3O/c1-10-16-13(9-15(17)18-10)12-5-4-11(21)8-14(12)20(16)7-6-19(2)3/h4-5,8-9,18H,6-7H2,1-3H3. The van der Waals surface area contributed by atoms with Crippen LogP contribution in [-0.2, 0) is 6.54 Å². The van der Waals surface area contributed by atoms with Gasteiger partial charge in [0, 0.05) is 41.7 Å². The van der Waals surface area contributed by atoms with Crippen LogP contribution in [0.1, 0.15) is 5.69 Å². The molecular weight excluding hydrogens is 269 g/mol. The molecule has 2 heterocycles. The van der Waals surface area contributed by atoms with Crippen molar-refractivity contribution in [1.82, 2.24) is 14.5 Å². The summed E-state index contributed by atoms with van der Waals surface area (Å²) in [5.41, 5.74) is 2.56. The Morgan fingerprint density at radius 2 is 2.00 bits per heavy atom. The van der Waals surface area contributed by atoms with Crippen molar-refractivity contribution in [3.8, 4) is 0 Å². The Kier molecular flexibility index (Phi) is 3.29. The van der Waals surface area contributed by atoms with Gasteiger partial charge in [-0.15, -0.1) is 0 Å². The zero-order chi connectivity index (χ0) is 15.1. The summed E-state index contributed by atoms with van der Waals surface area (Å²) in [6, 6.07) is 6.44. The van der Waals surface area contributed by atoms with Crippen molar-refractivity contribution in [2.45, 2.75) is 13.5 Å². The van der Waals surface area contributed by atoms with Crippen LogP contribution in [0.5, 0.6) is 0 Å². The van der Waals surface area contributed by atoms with Crippen molar-refractivity contribution >= 4 is 21.8 Å². The molecule has 0 radical (unpaired) electrons. The molecule has 3 aromatic rings. The molecule has 1 aromatic carbocycles. The van der Waals surface area contributed by atoms with Crippen LogP contribution < -0.4 is 5.43 Å². The van der Waals surface area contributed by atoms with Gasteiger partial charge in [-0.3, -0.25) is 4.79 Å². The summed E-state index contributed by atoms with van der Waals surface area (Å²) in [6.45, 7) is 3.45. The Hall–Kier alpha value is -2.14. The molecule has 0 aliphatic rings. The first-order valence-electron chi connectivity index (χ1n) is 6.93. The molecule has 0 bridgehead atoms. The van der Waals surface area contributed by atoms with Gasteiger partial charge < -0.3 is 14.5 Å². The van der Waals surface area contributed by atoms with Crippen molar-refractivity contribution in [2.75, 3.05) is 20.6 Å². The number of aryl methyl sites for hydroxylation is 1. The van der Waals surface area contributed by atoms with Crippen LogP contribution in [0.15, 0.2) is 29.1 Å². The Balaban J connectivity index is 2.39. The van der Waals surface area contributed by atoms with E-state index in [0.29, 0.717) is 0 Å². The third-order valence-corrected chi connectivity index (χ3v) is 3.78. The average molecular weight is 287 g/mol. The summed E-state index contributed by atoms with van der Waals surface area (Å²) in [5, 5.41) is 1.76. The predicted octanol–water partition coefficient (Wildman–Crippen LogP) is 2.49. The summed E-state index contributed by atoms with van der Waals surface area (Å²) < 4.78 is 15.8. The van der Waals surface area contributed by atoms with E-state index in [-0.39, 0.29) is 11.4 Å². The highest BCUT2D eigenvalue weighted by molar-refractivity contribution is 6.08. The largest absolute Gasteiger partial charge is 0.338 e. The molecule has 0 saturated heterocycles. The SMILES string of the molecule is Cc1[nH]c(F)cc2c3ccc(=O)cc3n(CCN(C)C)c12. The minimum absolute atomic E-state index is 0.0292. The number of halogens is 1. The van der Waals surface area contributed by atoms with Gasteiger partial charge in [0.1, 0.15) is 0 Å². The number of hydrogen-bond acceptors (Lipinski definition) is 2. The number of hydrogen-bond donors (Lipinski definition) is 1. The zero-order valence-electron chi connectivity index (χ0n) is 12.4. The number of nitrogens with one attached hydrogen (secondary N) is 1. The Morgan fingerprint density at radius 1 is 1.24 bits per heavy atom. The van der Waals surface area contributed by atoms with Gasteiger partial charge in [-0.1, -0.05) is 0 Å². The van der Waals surface area contributed by atoms with Crippen molar-refractivity contribution in [3.63, 3.8) is 0 Å². The molecular formula is C16H18FN3O. The normalized spacial score (nSPS) is 11.9. The summed E-state index contributed by atoms with van der Waals surface area (Å²) in [4.78, 5) is 16.5. The van der Waals surface area contributed by atoms with E-state index in [4.69, 9.17) is 0 Å². The molecule has 5 heteroatoms. The molecule has 2 aromatic heterocycles. The van der Waals surface area contributed by atoms with Crippen LogP contribution in [0.25, 0.3) is 21.8 Å². The number of fused-ring (bicyclic) bond motifs is 3. The van der Waals surface area contributed by atoms with Crippen molar-refractivity contribution in [3.05, 3.63) is 46.1 Å². The maximum Gasteiger partial charge on any atom is 0.191 e. The maximum atomic E-state index is 13.7. The highest BCUT2D eigenvalue weighted by Gasteiger charge is 2.14. The molecule has 0 saturated carbocycles. The molecule has 1 N–H and O–H groups in total. The second kappa shape index (κ2) is 5.00. The quantitative estimate of drug-likeness (QED) is 0.752. The fourth-order valence-electron chi connectivity index (χ4n) is 2.84. The third kappa shape index (κ3) is 2.34. The lowest BCUT2D eigenvalue weighted by atomic mass is 10.1. The van der Waals surface area contributed by atoms with Crippen molar-refractivity contribution < 1.29 is 4.39 Å². The molecule has 0 spiro atoms. The molecule has 110 valence electrons. The maximum absolute atomic E-state index is 13.7. The highest BCUT2D eigenvalue weighted by atomic mass is 19.1. The molecule has 3 rings (SSSR count). The second-order valence-corrected chi connectivity index (χ2v) is 5.64. The molecule has 0 aliphatic carbocycles. The van der Waals surface area contributed by atoms with E-state index >= 15 is 0 Å². The lowest BCUT2D eigenvalue weighted by molar-refractivity contribution is 0.389. The number of H-pyrrole nitrogens is 1. The average Bonchev–Trinajstić information content (AvgIpc) is 2.69. The van der Waals surface area contributed by atoms with Crippen LogP contribution in [0, 0.1) is 12.9 Å². The van der Waals surface area contributed by atoms with Gasteiger partial charge in [-0.05, 0) is 33.2 Å².